The average Bonchev–Trinajstić information content (AvgIpc) is 3.01. The first kappa shape index (κ1) is 15.5. The summed E-state index contributed by atoms with van der Waals surface area (Å²) in [6, 6.07) is 22.8. The summed E-state index contributed by atoms with van der Waals surface area (Å²) in [5.74, 6) is 1.83. The van der Waals surface area contributed by atoms with Crippen LogP contribution in [0.1, 0.15) is 11.1 Å². The Bertz CT molecular complexity index is 1060. The van der Waals surface area contributed by atoms with Crippen LogP contribution in [0.4, 0.5) is 0 Å². The second-order valence-corrected chi connectivity index (χ2v) is 6.23. The van der Waals surface area contributed by atoms with Gasteiger partial charge in [-0.1, -0.05) is 36.4 Å². The molecule has 0 unspecified atom stereocenters. The van der Waals surface area contributed by atoms with Gasteiger partial charge in [-0.25, -0.2) is 4.98 Å². The van der Waals surface area contributed by atoms with E-state index < -0.39 is 0 Å². The van der Waals surface area contributed by atoms with Crippen LogP contribution in [-0.4, -0.2) is 16.7 Å². The Morgan fingerprint density at radius 3 is 2.36 bits per heavy atom. The van der Waals surface area contributed by atoms with Crippen LogP contribution < -0.4 is 4.74 Å². The lowest BCUT2D eigenvalue weighted by Crippen LogP contribution is -2.01. The Hall–Kier alpha value is -3.07. The van der Waals surface area contributed by atoms with Gasteiger partial charge in [-0.3, -0.25) is 4.57 Å². The first-order valence-electron chi connectivity index (χ1n) is 8.37. The predicted molar refractivity (Wildman–Crippen MR) is 103 cm³/mol. The highest BCUT2D eigenvalue weighted by Gasteiger charge is 2.16. The average molecular weight is 328 g/mol. The normalized spacial score (nSPS) is 11.0. The molecule has 3 heteroatoms. The van der Waals surface area contributed by atoms with Gasteiger partial charge in [0.2, 0.25) is 0 Å². The monoisotopic (exact) mass is 328 g/mol. The molecular formula is C22H20N2O. The van der Waals surface area contributed by atoms with Crippen molar-refractivity contribution in [1.82, 2.24) is 9.55 Å². The number of para-hydroxylation sites is 2. The lowest BCUT2D eigenvalue weighted by molar-refractivity contribution is 0.414. The molecule has 25 heavy (non-hydrogen) atoms. The number of imidazole rings is 1. The molecule has 0 saturated heterocycles. The van der Waals surface area contributed by atoms with Crippen molar-refractivity contribution in [2.24, 2.45) is 0 Å². The maximum atomic E-state index is 5.36. The van der Waals surface area contributed by atoms with Crippen molar-refractivity contribution in [2.45, 2.75) is 13.8 Å². The smallest absolute Gasteiger partial charge is 0.145 e. The Morgan fingerprint density at radius 1 is 0.840 bits per heavy atom. The van der Waals surface area contributed by atoms with Gasteiger partial charge >= 0.3 is 0 Å². The molecule has 4 aromatic rings. The molecule has 0 aliphatic heterocycles. The number of fused-ring (bicyclic) bond motifs is 1. The molecule has 124 valence electrons. The summed E-state index contributed by atoms with van der Waals surface area (Å²) in [5, 5.41) is 0. The van der Waals surface area contributed by atoms with Crippen LogP contribution in [-0.2, 0) is 0 Å². The van der Waals surface area contributed by atoms with Crippen molar-refractivity contribution in [3.63, 3.8) is 0 Å². The van der Waals surface area contributed by atoms with Crippen LogP contribution in [0.25, 0.3) is 28.1 Å². The van der Waals surface area contributed by atoms with Crippen molar-refractivity contribution in [1.29, 1.82) is 0 Å². The van der Waals surface area contributed by atoms with E-state index in [1.807, 2.05) is 12.1 Å². The summed E-state index contributed by atoms with van der Waals surface area (Å²) >= 11 is 0. The summed E-state index contributed by atoms with van der Waals surface area (Å²) in [7, 11) is 1.69. The topological polar surface area (TPSA) is 27.1 Å². The molecule has 0 aliphatic rings. The van der Waals surface area contributed by atoms with Crippen LogP contribution >= 0.6 is 0 Å². The standard InChI is InChI=1S/C22H20N2O/c1-15-8-4-5-9-18(15)22-23-19-10-6-7-11-21(19)24(22)20-13-12-17(25-3)14-16(20)2/h4-14H,1-3H3. The number of nitrogens with zero attached hydrogens (tertiary/aromatic N) is 2. The molecule has 0 saturated carbocycles. The molecule has 1 heterocycles. The van der Waals surface area contributed by atoms with Crippen molar-refractivity contribution in [3.05, 3.63) is 77.9 Å². The summed E-state index contributed by atoms with van der Waals surface area (Å²) in [6.07, 6.45) is 0. The van der Waals surface area contributed by atoms with Gasteiger partial charge in [0.15, 0.2) is 0 Å². The third-order valence-corrected chi connectivity index (χ3v) is 4.59. The van der Waals surface area contributed by atoms with Gasteiger partial charge in [0, 0.05) is 5.56 Å². The van der Waals surface area contributed by atoms with Gasteiger partial charge in [0.05, 0.1) is 23.8 Å². The van der Waals surface area contributed by atoms with Crippen molar-refractivity contribution in [3.8, 4) is 22.8 Å². The van der Waals surface area contributed by atoms with Gasteiger partial charge in [-0.2, -0.15) is 0 Å². The third-order valence-electron chi connectivity index (χ3n) is 4.59. The highest BCUT2D eigenvalue weighted by Crippen LogP contribution is 2.32. The molecule has 0 fully saturated rings. The first-order chi connectivity index (χ1) is 12.2. The molecule has 0 spiro atoms. The zero-order valence-corrected chi connectivity index (χ0v) is 14.7. The minimum absolute atomic E-state index is 0.864. The molecule has 0 bridgehead atoms. The fourth-order valence-corrected chi connectivity index (χ4v) is 3.28. The zero-order valence-electron chi connectivity index (χ0n) is 14.7. The number of ether oxygens (including phenoxy) is 1. The molecular weight excluding hydrogens is 308 g/mol. The van der Waals surface area contributed by atoms with Gasteiger partial charge in [0.1, 0.15) is 11.6 Å². The molecule has 1 aromatic heterocycles. The number of benzene rings is 3. The minimum Gasteiger partial charge on any atom is -0.497 e. The molecule has 4 rings (SSSR count). The number of hydrogen-bond donors (Lipinski definition) is 0. The number of aromatic nitrogens is 2. The summed E-state index contributed by atoms with van der Waals surface area (Å²) < 4.78 is 7.61. The predicted octanol–water partition coefficient (Wildman–Crippen LogP) is 5.32. The van der Waals surface area contributed by atoms with E-state index in [4.69, 9.17) is 9.72 Å². The Labute approximate surface area is 147 Å². The van der Waals surface area contributed by atoms with E-state index in [-0.39, 0.29) is 0 Å². The van der Waals surface area contributed by atoms with E-state index in [9.17, 15) is 0 Å². The zero-order chi connectivity index (χ0) is 17.4. The summed E-state index contributed by atoms with van der Waals surface area (Å²) in [6.45, 7) is 4.23. The van der Waals surface area contributed by atoms with E-state index in [0.717, 1.165) is 39.4 Å². The minimum atomic E-state index is 0.864. The summed E-state index contributed by atoms with van der Waals surface area (Å²) in [5.41, 5.74) is 6.73. The maximum absolute atomic E-state index is 5.36. The highest BCUT2D eigenvalue weighted by atomic mass is 16.5. The van der Waals surface area contributed by atoms with Gasteiger partial charge in [0.25, 0.3) is 0 Å². The SMILES string of the molecule is COc1ccc(-n2c(-c3ccccc3C)nc3ccccc32)c(C)c1. The van der Waals surface area contributed by atoms with Crippen LogP contribution in [0.15, 0.2) is 66.7 Å². The largest absolute Gasteiger partial charge is 0.497 e. The third kappa shape index (κ3) is 2.58. The first-order valence-corrected chi connectivity index (χ1v) is 8.37. The van der Waals surface area contributed by atoms with Crippen LogP contribution in [0.5, 0.6) is 5.75 Å². The second kappa shape index (κ2) is 6.10. The number of hydrogen-bond acceptors (Lipinski definition) is 2. The van der Waals surface area contributed by atoms with Crippen LogP contribution in [0, 0.1) is 13.8 Å². The van der Waals surface area contributed by atoms with E-state index in [1.54, 1.807) is 7.11 Å². The molecule has 3 aromatic carbocycles. The van der Waals surface area contributed by atoms with Gasteiger partial charge in [-0.15, -0.1) is 0 Å². The molecule has 0 atom stereocenters. The summed E-state index contributed by atoms with van der Waals surface area (Å²) in [4.78, 5) is 4.94. The lowest BCUT2D eigenvalue weighted by atomic mass is 10.1. The quantitative estimate of drug-likeness (QED) is 0.509. The number of rotatable bonds is 3. The van der Waals surface area contributed by atoms with Crippen molar-refractivity contribution >= 4 is 11.0 Å². The Balaban J connectivity index is 2.06. The molecule has 0 radical (unpaired) electrons. The van der Waals surface area contributed by atoms with Crippen LogP contribution in [0.3, 0.4) is 0 Å². The Morgan fingerprint density at radius 2 is 1.60 bits per heavy atom. The lowest BCUT2D eigenvalue weighted by Gasteiger charge is -2.14. The molecule has 3 nitrogen and oxygen atoms in total. The Kier molecular flexibility index (Phi) is 3.77. The molecule has 0 amide bonds. The van der Waals surface area contributed by atoms with Crippen LogP contribution in [0.2, 0.25) is 0 Å². The molecule has 0 N–H and O–H groups in total. The van der Waals surface area contributed by atoms with E-state index >= 15 is 0 Å². The highest BCUT2D eigenvalue weighted by molar-refractivity contribution is 5.84. The second-order valence-electron chi connectivity index (χ2n) is 6.23. The fraction of sp³-hybridized carbons (Fsp3) is 0.136. The van der Waals surface area contributed by atoms with E-state index in [2.05, 4.69) is 73.0 Å². The maximum Gasteiger partial charge on any atom is 0.145 e. The molecule has 0 aliphatic carbocycles. The fourth-order valence-electron chi connectivity index (χ4n) is 3.28. The van der Waals surface area contributed by atoms with Gasteiger partial charge in [-0.05, 0) is 55.3 Å². The van der Waals surface area contributed by atoms with Crippen molar-refractivity contribution < 1.29 is 4.74 Å². The van der Waals surface area contributed by atoms with Gasteiger partial charge < -0.3 is 4.74 Å². The van der Waals surface area contributed by atoms with E-state index in [1.165, 1.54) is 5.56 Å². The number of methoxy groups -OCH3 is 1. The van der Waals surface area contributed by atoms with Crippen molar-refractivity contribution in [2.75, 3.05) is 7.11 Å². The number of aryl methyl sites for hydroxylation is 2. The van der Waals surface area contributed by atoms with E-state index in [0.29, 0.717) is 0 Å².